The minimum absolute atomic E-state index is 0.152. The Morgan fingerprint density at radius 2 is 2.12 bits per heavy atom. The molecule has 0 bridgehead atoms. The van der Waals surface area contributed by atoms with Crippen molar-refractivity contribution in [2.75, 3.05) is 17.7 Å². The summed E-state index contributed by atoms with van der Waals surface area (Å²) in [5.41, 5.74) is 7.54. The van der Waals surface area contributed by atoms with Crippen LogP contribution in [-0.2, 0) is 0 Å². The second-order valence-corrected chi connectivity index (χ2v) is 4.96. The van der Waals surface area contributed by atoms with E-state index in [1.165, 1.54) is 11.3 Å². The Labute approximate surface area is 140 Å². The Morgan fingerprint density at radius 1 is 1.46 bits per heavy atom. The molecule has 1 aromatic carbocycles. The number of benzene rings is 1. The van der Waals surface area contributed by atoms with E-state index in [-0.39, 0.29) is 12.0 Å². The number of anilines is 2. The Morgan fingerprint density at radius 3 is 2.71 bits per heavy atom. The lowest BCUT2D eigenvalue weighted by atomic mass is 10.1. The molecule has 7 N–H and O–H groups in total. The Hall–Kier alpha value is -3.41. The number of amides is 2. The second kappa shape index (κ2) is 8.89. The predicted octanol–water partition coefficient (Wildman–Crippen LogP) is 1.52. The van der Waals surface area contributed by atoms with Crippen molar-refractivity contribution in [1.82, 2.24) is 10.3 Å². The van der Waals surface area contributed by atoms with Crippen LogP contribution in [-0.4, -0.2) is 34.3 Å². The summed E-state index contributed by atoms with van der Waals surface area (Å²) in [6, 6.07) is 7.06. The third kappa shape index (κ3) is 6.57. The van der Waals surface area contributed by atoms with E-state index in [4.69, 9.17) is 26.5 Å². The number of carbonyl (C=O) groups is 1. The fourth-order valence-corrected chi connectivity index (χ4v) is 2.26. The zero-order chi connectivity index (χ0) is 18.1. The summed E-state index contributed by atoms with van der Waals surface area (Å²) in [4.78, 5) is 24.0. The van der Waals surface area contributed by atoms with Gasteiger partial charge in [0.15, 0.2) is 11.1 Å². The van der Waals surface area contributed by atoms with Crippen LogP contribution in [0.2, 0.25) is 0 Å². The number of carbonyl (C=O) groups excluding carboxylic acids is 1. The highest BCUT2D eigenvalue weighted by atomic mass is 32.1. The minimum atomic E-state index is -1.50. The molecule has 0 spiro atoms. The standard InChI is InChI=1S/C12H14N6OS.HNO3/c1-15-11(19)16-8-4-2-3-7(5-8)9-6-20-12(17-9)18-10(13)14;2-1(3)4/h2-6H,1H3,(H2,15,16,19)(H4,13,14,17,18);(H,2,3,4). The average Bonchev–Trinajstić information content (AvgIpc) is 2.94. The molecule has 2 rings (SSSR count). The van der Waals surface area contributed by atoms with Gasteiger partial charge in [-0.3, -0.25) is 5.41 Å². The maximum absolute atomic E-state index is 11.3. The lowest BCUT2D eigenvalue weighted by molar-refractivity contribution is -0.742. The number of guanidine groups is 1. The van der Waals surface area contributed by atoms with Crippen molar-refractivity contribution >= 4 is 34.1 Å². The summed E-state index contributed by atoms with van der Waals surface area (Å²) in [5.74, 6) is -0.152. The van der Waals surface area contributed by atoms with Crippen LogP contribution < -0.4 is 21.7 Å². The zero-order valence-electron chi connectivity index (χ0n) is 12.4. The molecule has 2 amide bonds. The van der Waals surface area contributed by atoms with Crippen molar-refractivity contribution < 1.29 is 15.1 Å². The normalized spacial score (nSPS) is 9.21. The first-order chi connectivity index (χ1) is 11.3. The van der Waals surface area contributed by atoms with Gasteiger partial charge in [-0.05, 0) is 12.1 Å². The van der Waals surface area contributed by atoms with E-state index < -0.39 is 5.09 Å². The van der Waals surface area contributed by atoms with E-state index >= 15 is 0 Å². The molecule has 0 atom stereocenters. The molecule has 128 valence electrons. The van der Waals surface area contributed by atoms with Gasteiger partial charge < -0.3 is 26.9 Å². The number of thiazole rings is 1. The third-order valence-electron chi connectivity index (χ3n) is 2.39. The Balaban J connectivity index is 0.000000648. The number of hydrogen-bond acceptors (Lipinski definition) is 6. The molecule has 0 saturated carbocycles. The first-order valence-electron chi connectivity index (χ1n) is 6.31. The molecular weight excluding hydrogens is 338 g/mol. The molecule has 1 heterocycles. The topological polar surface area (TPSA) is 179 Å². The quantitative estimate of drug-likeness (QED) is 0.209. The fraction of sp³-hybridized carbons (Fsp3) is 0.0833. The van der Waals surface area contributed by atoms with E-state index in [1.54, 1.807) is 13.1 Å². The summed E-state index contributed by atoms with van der Waals surface area (Å²) in [5, 5.41) is 31.0. The predicted molar refractivity (Wildman–Crippen MR) is 89.9 cm³/mol. The molecule has 11 nitrogen and oxygen atoms in total. The summed E-state index contributed by atoms with van der Waals surface area (Å²) in [7, 11) is 1.55. The van der Waals surface area contributed by atoms with Crippen molar-refractivity contribution in [3.63, 3.8) is 0 Å². The first-order valence-corrected chi connectivity index (χ1v) is 7.18. The highest BCUT2D eigenvalue weighted by Gasteiger charge is 2.06. The Bertz CT molecular complexity index is 730. The van der Waals surface area contributed by atoms with Crippen molar-refractivity contribution in [2.24, 2.45) is 5.73 Å². The smallest absolute Gasteiger partial charge is 0.318 e. The average molecular weight is 353 g/mol. The van der Waals surface area contributed by atoms with E-state index in [2.05, 4.69) is 20.9 Å². The highest BCUT2D eigenvalue weighted by molar-refractivity contribution is 7.14. The monoisotopic (exact) mass is 353 g/mol. The molecule has 0 radical (unpaired) electrons. The molecule has 1 aromatic heterocycles. The van der Waals surface area contributed by atoms with Gasteiger partial charge in [-0.15, -0.1) is 21.5 Å². The van der Waals surface area contributed by atoms with Crippen molar-refractivity contribution in [3.8, 4) is 11.3 Å². The molecule has 0 aliphatic carbocycles. The molecule has 24 heavy (non-hydrogen) atoms. The number of nitrogens with one attached hydrogen (secondary N) is 4. The van der Waals surface area contributed by atoms with E-state index in [9.17, 15) is 4.79 Å². The zero-order valence-corrected chi connectivity index (χ0v) is 13.3. The summed E-state index contributed by atoms with van der Waals surface area (Å²) in [6.07, 6.45) is 0. The molecule has 0 fully saturated rings. The highest BCUT2D eigenvalue weighted by Crippen LogP contribution is 2.26. The summed E-state index contributed by atoms with van der Waals surface area (Å²) in [6.45, 7) is 0. The number of nitrogens with zero attached hydrogens (tertiary/aromatic N) is 2. The van der Waals surface area contributed by atoms with Crippen LogP contribution in [0.5, 0.6) is 0 Å². The number of rotatable bonds is 3. The molecule has 12 heteroatoms. The molecule has 2 aromatic rings. The lowest BCUT2D eigenvalue weighted by Crippen LogP contribution is -2.24. The number of nitrogens with two attached hydrogens (primary N) is 1. The van der Waals surface area contributed by atoms with Crippen LogP contribution >= 0.6 is 11.3 Å². The SMILES string of the molecule is CNC(=O)Nc1cccc(-c2csc(NC(=N)N)n2)c1.O=[N+]([O-])O. The number of aromatic nitrogens is 1. The number of urea groups is 1. The van der Waals surface area contributed by atoms with Gasteiger partial charge in [0.2, 0.25) is 0 Å². The summed E-state index contributed by atoms with van der Waals surface area (Å²) >= 11 is 1.35. The lowest BCUT2D eigenvalue weighted by Gasteiger charge is -2.05. The van der Waals surface area contributed by atoms with Gasteiger partial charge in [0.25, 0.3) is 5.09 Å². The summed E-state index contributed by atoms with van der Waals surface area (Å²) < 4.78 is 0. The van der Waals surface area contributed by atoms with Crippen LogP contribution in [0, 0.1) is 15.5 Å². The Kier molecular flexibility index (Phi) is 6.91. The molecule has 0 aliphatic heterocycles. The van der Waals surface area contributed by atoms with Gasteiger partial charge in [0.05, 0.1) is 5.69 Å². The van der Waals surface area contributed by atoms with Gasteiger partial charge in [0, 0.05) is 23.7 Å². The second-order valence-electron chi connectivity index (χ2n) is 4.10. The number of hydrogen-bond donors (Lipinski definition) is 6. The van der Waals surface area contributed by atoms with Crippen LogP contribution in [0.3, 0.4) is 0 Å². The van der Waals surface area contributed by atoms with Gasteiger partial charge >= 0.3 is 6.03 Å². The van der Waals surface area contributed by atoms with Crippen molar-refractivity contribution in [2.45, 2.75) is 0 Å². The molecule has 0 saturated heterocycles. The fourth-order valence-electron chi connectivity index (χ4n) is 1.53. The van der Waals surface area contributed by atoms with E-state index in [0.29, 0.717) is 10.8 Å². The van der Waals surface area contributed by atoms with Crippen LogP contribution in [0.1, 0.15) is 0 Å². The van der Waals surface area contributed by atoms with Gasteiger partial charge in [-0.1, -0.05) is 12.1 Å². The molecule has 0 unspecified atom stereocenters. The van der Waals surface area contributed by atoms with Crippen molar-refractivity contribution in [3.05, 3.63) is 39.8 Å². The molecule has 0 aliphatic rings. The minimum Gasteiger partial charge on any atom is -0.370 e. The maximum atomic E-state index is 11.3. The van der Waals surface area contributed by atoms with Crippen LogP contribution in [0.15, 0.2) is 29.6 Å². The van der Waals surface area contributed by atoms with Crippen LogP contribution in [0.25, 0.3) is 11.3 Å². The third-order valence-corrected chi connectivity index (χ3v) is 3.15. The van der Waals surface area contributed by atoms with Gasteiger partial charge in [-0.25, -0.2) is 9.78 Å². The molecular formula is C12H15N7O4S. The largest absolute Gasteiger partial charge is 0.370 e. The van der Waals surface area contributed by atoms with Gasteiger partial charge in [-0.2, -0.15) is 0 Å². The van der Waals surface area contributed by atoms with E-state index in [1.807, 2.05) is 23.6 Å². The van der Waals surface area contributed by atoms with Crippen molar-refractivity contribution in [1.29, 1.82) is 5.41 Å². The van der Waals surface area contributed by atoms with Gasteiger partial charge in [0.1, 0.15) is 0 Å². The van der Waals surface area contributed by atoms with E-state index in [0.717, 1.165) is 11.3 Å². The van der Waals surface area contributed by atoms with Crippen LogP contribution in [0.4, 0.5) is 15.6 Å². The maximum Gasteiger partial charge on any atom is 0.318 e. The first kappa shape index (κ1) is 18.6.